The second-order valence-electron chi connectivity index (χ2n) is 6.35. The highest BCUT2D eigenvalue weighted by molar-refractivity contribution is 7.21. The lowest BCUT2D eigenvalue weighted by Gasteiger charge is -2.14. The van der Waals surface area contributed by atoms with E-state index >= 15 is 0 Å². The van der Waals surface area contributed by atoms with Crippen LogP contribution in [0.3, 0.4) is 0 Å². The zero-order valence-corrected chi connectivity index (χ0v) is 17.1. The number of pyridine rings is 2. The van der Waals surface area contributed by atoms with Crippen LogP contribution in [0.1, 0.15) is 16.1 Å². The number of nitrogens with zero attached hydrogens (tertiary/aromatic N) is 3. The highest BCUT2D eigenvalue weighted by Crippen LogP contribution is 2.39. The molecule has 0 unspecified atom stereocenters. The van der Waals surface area contributed by atoms with Gasteiger partial charge in [0.1, 0.15) is 21.6 Å². The Balaban J connectivity index is 2.03. The maximum atomic E-state index is 12.5. The number of hydrogen-bond donors (Lipinski definition) is 2. The number of primary amides is 1. The molecule has 0 fully saturated rings. The largest absolute Gasteiger partial charge is 0.494 e. The normalized spacial score (nSPS) is 11.0. The van der Waals surface area contributed by atoms with Gasteiger partial charge >= 0.3 is 0 Å². The van der Waals surface area contributed by atoms with Crippen molar-refractivity contribution in [3.05, 3.63) is 52.9 Å². The van der Waals surface area contributed by atoms with Crippen LogP contribution < -0.4 is 16.2 Å². The summed E-state index contributed by atoms with van der Waals surface area (Å²) >= 11 is 7.49. The van der Waals surface area contributed by atoms with Crippen molar-refractivity contribution in [2.24, 2.45) is 5.73 Å². The van der Waals surface area contributed by atoms with Gasteiger partial charge in [-0.3, -0.25) is 4.79 Å². The first kappa shape index (κ1) is 19.1. The Hall–Kier alpha value is -3.23. The molecule has 4 aromatic rings. The van der Waals surface area contributed by atoms with Gasteiger partial charge < -0.3 is 16.2 Å². The van der Waals surface area contributed by atoms with Crippen molar-refractivity contribution in [2.75, 3.05) is 12.8 Å². The summed E-state index contributed by atoms with van der Waals surface area (Å²) in [5.74, 6) is -0.165. The highest BCUT2D eigenvalue weighted by Gasteiger charge is 2.23. The van der Waals surface area contributed by atoms with Gasteiger partial charge in [-0.2, -0.15) is 0 Å². The number of amides is 1. The standard InChI is InChI=1S/C20H16ClN5O2S/c1-9-5-12(11-7-16(21)24-8-14(11)28-2)17(19(23)27)18(25-9)20-26-13-4-3-10(22)6-15(13)29-20/h3-8H,22H2,1-2H3,(H2,23,27). The summed E-state index contributed by atoms with van der Waals surface area (Å²) in [4.78, 5) is 25.7. The van der Waals surface area contributed by atoms with Crippen molar-refractivity contribution < 1.29 is 9.53 Å². The molecule has 1 amide bonds. The van der Waals surface area contributed by atoms with Crippen molar-refractivity contribution in [2.45, 2.75) is 6.92 Å². The molecule has 0 atom stereocenters. The quantitative estimate of drug-likeness (QED) is 0.376. The minimum atomic E-state index is -0.628. The average molecular weight is 426 g/mol. The number of nitrogen functional groups attached to an aromatic ring is 1. The van der Waals surface area contributed by atoms with Gasteiger partial charge in [-0.1, -0.05) is 11.6 Å². The number of carbonyl (C=O) groups excluding carboxylic acids is 1. The fraction of sp³-hybridized carbons (Fsp3) is 0.100. The molecule has 3 aromatic heterocycles. The molecule has 0 spiro atoms. The summed E-state index contributed by atoms with van der Waals surface area (Å²) in [6.07, 6.45) is 1.50. The number of anilines is 1. The number of ether oxygens (including phenoxy) is 1. The maximum absolute atomic E-state index is 12.5. The van der Waals surface area contributed by atoms with Gasteiger partial charge in [0.15, 0.2) is 0 Å². The van der Waals surface area contributed by atoms with E-state index in [4.69, 9.17) is 27.8 Å². The molecular weight excluding hydrogens is 410 g/mol. The van der Waals surface area contributed by atoms with Crippen LogP contribution in [0.4, 0.5) is 5.69 Å². The molecular formula is C20H16ClN5O2S. The zero-order valence-electron chi connectivity index (χ0n) is 15.6. The van der Waals surface area contributed by atoms with E-state index in [1.165, 1.54) is 24.6 Å². The van der Waals surface area contributed by atoms with Crippen LogP contribution >= 0.6 is 22.9 Å². The van der Waals surface area contributed by atoms with E-state index in [9.17, 15) is 4.79 Å². The highest BCUT2D eigenvalue weighted by atomic mass is 35.5. The lowest BCUT2D eigenvalue weighted by atomic mass is 9.97. The minimum absolute atomic E-state index is 0.239. The van der Waals surface area contributed by atoms with Gasteiger partial charge in [-0.15, -0.1) is 11.3 Å². The van der Waals surface area contributed by atoms with Crippen molar-refractivity contribution in [3.8, 4) is 27.6 Å². The summed E-state index contributed by atoms with van der Waals surface area (Å²) in [7, 11) is 1.52. The Morgan fingerprint density at radius 1 is 1.17 bits per heavy atom. The monoisotopic (exact) mass is 425 g/mol. The third-order valence-electron chi connectivity index (χ3n) is 4.35. The van der Waals surface area contributed by atoms with E-state index in [0.717, 1.165) is 10.2 Å². The van der Waals surface area contributed by atoms with Crippen LogP contribution in [-0.4, -0.2) is 28.0 Å². The van der Waals surface area contributed by atoms with Crippen LogP contribution in [0.2, 0.25) is 5.15 Å². The molecule has 146 valence electrons. The second kappa shape index (κ2) is 7.31. The molecule has 0 saturated heterocycles. The number of fused-ring (bicyclic) bond motifs is 1. The topological polar surface area (TPSA) is 117 Å². The van der Waals surface area contributed by atoms with Gasteiger partial charge in [0.25, 0.3) is 5.91 Å². The zero-order chi connectivity index (χ0) is 20.7. The molecule has 0 bridgehead atoms. The van der Waals surface area contributed by atoms with Crippen molar-refractivity contribution in [1.82, 2.24) is 15.0 Å². The molecule has 0 saturated carbocycles. The minimum Gasteiger partial charge on any atom is -0.494 e. The summed E-state index contributed by atoms with van der Waals surface area (Å²) < 4.78 is 6.31. The first-order valence-electron chi connectivity index (χ1n) is 8.55. The van der Waals surface area contributed by atoms with Crippen LogP contribution in [-0.2, 0) is 0 Å². The SMILES string of the molecule is COc1cnc(Cl)cc1-c1cc(C)nc(-c2nc3ccc(N)cc3s2)c1C(N)=O. The predicted octanol–water partition coefficient (Wildman–Crippen LogP) is 4.07. The first-order valence-corrected chi connectivity index (χ1v) is 9.74. The molecule has 29 heavy (non-hydrogen) atoms. The molecule has 0 radical (unpaired) electrons. The number of benzene rings is 1. The number of aryl methyl sites for hydroxylation is 1. The molecule has 0 aliphatic rings. The van der Waals surface area contributed by atoms with Gasteiger partial charge in [-0.25, -0.2) is 15.0 Å². The van der Waals surface area contributed by atoms with E-state index in [2.05, 4.69) is 15.0 Å². The summed E-state index contributed by atoms with van der Waals surface area (Å²) in [5.41, 5.74) is 15.5. The molecule has 0 aliphatic heterocycles. The van der Waals surface area contributed by atoms with Gasteiger partial charge in [0, 0.05) is 22.5 Å². The molecule has 4 N–H and O–H groups in total. The van der Waals surface area contributed by atoms with Crippen LogP contribution in [0.5, 0.6) is 5.75 Å². The summed E-state index contributed by atoms with van der Waals surface area (Å²) in [6.45, 7) is 1.83. The Morgan fingerprint density at radius 3 is 2.69 bits per heavy atom. The van der Waals surface area contributed by atoms with E-state index in [0.29, 0.717) is 39.0 Å². The van der Waals surface area contributed by atoms with E-state index in [-0.39, 0.29) is 10.7 Å². The number of carbonyl (C=O) groups is 1. The Morgan fingerprint density at radius 2 is 1.97 bits per heavy atom. The van der Waals surface area contributed by atoms with Crippen molar-refractivity contribution >= 4 is 44.7 Å². The number of hydrogen-bond acceptors (Lipinski definition) is 7. The summed E-state index contributed by atoms with van der Waals surface area (Å²) in [5, 5.41) is 0.839. The van der Waals surface area contributed by atoms with Crippen LogP contribution in [0.25, 0.3) is 32.0 Å². The number of rotatable bonds is 4. The fourth-order valence-corrected chi connectivity index (χ4v) is 4.29. The van der Waals surface area contributed by atoms with Crippen molar-refractivity contribution in [3.63, 3.8) is 0 Å². The lowest BCUT2D eigenvalue weighted by molar-refractivity contribution is 0.100. The van der Waals surface area contributed by atoms with Crippen molar-refractivity contribution in [1.29, 1.82) is 0 Å². The van der Waals surface area contributed by atoms with Gasteiger partial charge in [-0.05, 0) is 37.3 Å². The Kier molecular flexibility index (Phi) is 4.81. The Labute approximate surface area is 175 Å². The summed E-state index contributed by atoms with van der Waals surface area (Å²) in [6, 6.07) is 8.84. The number of nitrogens with two attached hydrogens (primary N) is 2. The smallest absolute Gasteiger partial charge is 0.251 e. The number of halogens is 1. The Bertz CT molecular complexity index is 1270. The second-order valence-corrected chi connectivity index (χ2v) is 7.77. The van der Waals surface area contributed by atoms with Gasteiger partial charge in [0.05, 0.1) is 29.1 Å². The van der Waals surface area contributed by atoms with E-state index < -0.39 is 5.91 Å². The maximum Gasteiger partial charge on any atom is 0.251 e. The molecule has 3 heterocycles. The molecule has 9 heteroatoms. The molecule has 7 nitrogen and oxygen atoms in total. The average Bonchev–Trinajstić information content (AvgIpc) is 3.10. The number of methoxy groups -OCH3 is 1. The van der Waals surface area contributed by atoms with Crippen LogP contribution in [0, 0.1) is 6.92 Å². The number of thiazole rings is 1. The third kappa shape index (κ3) is 3.48. The molecule has 0 aliphatic carbocycles. The fourth-order valence-electron chi connectivity index (χ4n) is 3.12. The number of aromatic nitrogens is 3. The first-order chi connectivity index (χ1) is 13.9. The van der Waals surface area contributed by atoms with Crippen LogP contribution in [0.15, 0.2) is 36.5 Å². The lowest BCUT2D eigenvalue weighted by Crippen LogP contribution is -2.15. The van der Waals surface area contributed by atoms with Gasteiger partial charge in [0.2, 0.25) is 0 Å². The predicted molar refractivity (Wildman–Crippen MR) is 115 cm³/mol. The van der Waals surface area contributed by atoms with E-state index in [1.807, 2.05) is 19.1 Å². The molecule has 1 aromatic carbocycles. The molecule has 4 rings (SSSR count). The third-order valence-corrected chi connectivity index (χ3v) is 5.58. The van der Waals surface area contributed by atoms with E-state index in [1.54, 1.807) is 18.2 Å².